The Kier molecular flexibility index (Phi) is 3.81. The number of nitrogens with two attached hydrogens (primary N) is 1. The van der Waals surface area contributed by atoms with E-state index in [1.54, 1.807) is 0 Å². The number of aliphatic hydroxyl groups is 1. The number of aromatic nitrogens is 1. The number of nitrogen functional groups attached to an aromatic ring is 1. The lowest BCUT2D eigenvalue weighted by Crippen LogP contribution is -2.07. The number of rotatable bonds is 5. The van der Waals surface area contributed by atoms with Crippen molar-refractivity contribution < 1.29 is 10.0 Å². The molecule has 4 N–H and O–H groups in total. The van der Waals surface area contributed by atoms with Crippen molar-refractivity contribution in [1.82, 2.24) is 4.98 Å². The van der Waals surface area contributed by atoms with E-state index < -0.39 is 4.92 Å². The topological polar surface area (TPSA) is 114 Å². The first-order valence-corrected chi connectivity index (χ1v) is 4.41. The summed E-state index contributed by atoms with van der Waals surface area (Å²) in [6.07, 6.45) is 0.582. The number of hydrogen-bond acceptors (Lipinski definition) is 6. The van der Waals surface area contributed by atoms with Crippen LogP contribution in [0.3, 0.4) is 0 Å². The minimum absolute atomic E-state index is 0.0788. The molecule has 0 saturated carbocycles. The van der Waals surface area contributed by atoms with Gasteiger partial charge in [-0.05, 0) is 12.5 Å². The summed E-state index contributed by atoms with van der Waals surface area (Å²) < 4.78 is 0. The molecule has 0 radical (unpaired) electrons. The van der Waals surface area contributed by atoms with Crippen molar-refractivity contribution in [2.75, 3.05) is 24.2 Å². The molecule has 0 fully saturated rings. The second kappa shape index (κ2) is 5.11. The zero-order valence-corrected chi connectivity index (χ0v) is 8.01. The molecule has 1 aromatic heterocycles. The molecule has 0 aliphatic carbocycles. The van der Waals surface area contributed by atoms with Crippen LogP contribution in [-0.4, -0.2) is 28.2 Å². The highest BCUT2D eigenvalue weighted by Gasteiger charge is 2.12. The SMILES string of the molecule is Nc1nc(NCCCO)ccc1[N+](=O)[O-]. The molecule has 7 nitrogen and oxygen atoms in total. The summed E-state index contributed by atoms with van der Waals surface area (Å²) in [5.74, 6) is 0.348. The monoisotopic (exact) mass is 212 g/mol. The molecule has 1 aromatic rings. The molecule has 1 heterocycles. The Bertz CT molecular complexity index is 356. The van der Waals surface area contributed by atoms with Gasteiger partial charge in [0.2, 0.25) is 5.82 Å². The molecule has 15 heavy (non-hydrogen) atoms. The Morgan fingerprint density at radius 3 is 2.87 bits per heavy atom. The van der Waals surface area contributed by atoms with E-state index in [-0.39, 0.29) is 18.1 Å². The smallest absolute Gasteiger partial charge is 0.311 e. The summed E-state index contributed by atoms with van der Waals surface area (Å²) in [4.78, 5) is 13.7. The lowest BCUT2D eigenvalue weighted by atomic mass is 10.3. The van der Waals surface area contributed by atoms with E-state index in [2.05, 4.69) is 10.3 Å². The molecule has 7 heteroatoms. The fourth-order valence-electron chi connectivity index (χ4n) is 1.02. The number of nitro groups is 1. The quantitative estimate of drug-likeness (QED) is 0.369. The number of nitrogens with one attached hydrogen (secondary N) is 1. The molecular formula is C8H12N4O3. The third kappa shape index (κ3) is 3.06. The Morgan fingerprint density at radius 2 is 2.33 bits per heavy atom. The largest absolute Gasteiger partial charge is 0.396 e. The summed E-state index contributed by atoms with van der Waals surface area (Å²) in [7, 11) is 0. The minimum atomic E-state index is -0.583. The third-order valence-electron chi connectivity index (χ3n) is 1.74. The van der Waals surface area contributed by atoms with E-state index >= 15 is 0 Å². The van der Waals surface area contributed by atoms with Gasteiger partial charge >= 0.3 is 5.69 Å². The number of anilines is 2. The predicted octanol–water partition coefficient (Wildman–Crippen LogP) is 0.366. The maximum Gasteiger partial charge on any atom is 0.311 e. The van der Waals surface area contributed by atoms with Gasteiger partial charge < -0.3 is 16.2 Å². The lowest BCUT2D eigenvalue weighted by Gasteiger charge is -2.04. The van der Waals surface area contributed by atoms with E-state index in [0.29, 0.717) is 18.8 Å². The van der Waals surface area contributed by atoms with Crippen LogP contribution >= 0.6 is 0 Å². The number of aliphatic hydroxyl groups excluding tert-OH is 1. The normalized spacial score (nSPS) is 9.93. The first-order chi connectivity index (χ1) is 7.15. The molecule has 0 amide bonds. The van der Waals surface area contributed by atoms with E-state index in [0.717, 1.165) is 0 Å². The van der Waals surface area contributed by atoms with Crippen LogP contribution in [0.2, 0.25) is 0 Å². The zero-order valence-electron chi connectivity index (χ0n) is 8.01. The van der Waals surface area contributed by atoms with Gasteiger partial charge in [-0.25, -0.2) is 4.98 Å². The van der Waals surface area contributed by atoms with Gasteiger partial charge in [0.1, 0.15) is 5.82 Å². The van der Waals surface area contributed by atoms with Crippen LogP contribution in [0.5, 0.6) is 0 Å². The first-order valence-electron chi connectivity index (χ1n) is 4.41. The molecule has 0 aliphatic rings. The predicted molar refractivity (Wildman–Crippen MR) is 55.5 cm³/mol. The molecule has 0 bridgehead atoms. The van der Waals surface area contributed by atoms with Crippen molar-refractivity contribution in [2.24, 2.45) is 0 Å². The van der Waals surface area contributed by atoms with Crippen LogP contribution in [0.25, 0.3) is 0 Å². The van der Waals surface area contributed by atoms with Gasteiger partial charge in [-0.2, -0.15) is 0 Å². The number of pyridine rings is 1. The van der Waals surface area contributed by atoms with Gasteiger partial charge in [-0.1, -0.05) is 0 Å². The molecule has 0 spiro atoms. The fourth-order valence-corrected chi connectivity index (χ4v) is 1.02. The molecular weight excluding hydrogens is 200 g/mol. The van der Waals surface area contributed by atoms with Crippen molar-refractivity contribution in [3.63, 3.8) is 0 Å². The lowest BCUT2D eigenvalue weighted by molar-refractivity contribution is -0.384. The van der Waals surface area contributed by atoms with Crippen LogP contribution in [0.1, 0.15) is 6.42 Å². The Morgan fingerprint density at radius 1 is 1.60 bits per heavy atom. The van der Waals surface area contributed by atoms with Crippen molar-refractivity contribution in [2.45, 2.75) is 6.42 Å². The molecule has 0 atom stereocenters. The van der Waals surface area contributed by atoms with Gasteiger partial charge in [0.25, 0.3) is 0 Å². The van der Waals surface area contributed by atoms with Crippen LogP contribution in [0, 0.1) is 10.1 Å². The van der Waals surface area contributed by atoms with Crippen molar-refractivity contribution >= 4 is 17.3 Å². The second-order valence-corrected chi connectivity index (χ2v) is 2.86. The molecule has 0 unspecified atom stereocenters. The van der Waals surface area contributed by atoms with Crippen molar-refractivity contribution in [3.8, 4) is 0 Å². The van der Waals surface area contributed by atoms with Gasteiger partial charge in [0.05, 0.1) is 4.92 Å². The summed E-state index contributed by atoms with van der Waals surface area (Å²) in [5.41, 5.74) is 5.18. The van der Waals surface area contributed by atoms with Gasteiger partial charge in [0.15, 0.2) is 0 Å². The fraction of sp³-hybridized carbons (Fsp3) is 0.375. The van der Waals surface area contributed by atoms with E-state index in [4.69, 9.17) is 10.8 Å². The van der Waals surface area contributed by atoms with E-state index in [9.17, 15) is 10.1 Å². The Labute approximate surface area is 86.1 Å². The summed E-state index contributed by atoms with van der Waals surface area (Å²) in [6, 6.07) is 2.77. The zero-order chi connectivity index (χ0) is 11.3. The minimum Gasteiger partial charge on any atom is -0.396 e. The maximum atomic E-state index is 10.4. The standard InChI is InChI=1S/C8H12N4O3/c9-8-6(12(14)15)2-3-7(11-8)10-4-1-5-13/h2-3,13H,1,4-5H2,(H3,9,10,11). The molecule has 0 aromatic carbocycles. The van der Waals surface area contributed by atoms with E-state index in [1.807, 2.05) is 0 Å². The van der Waals surface area contributed by atoms with Gasteiger partial charge in [0, 0.05) is 19.2 Å². The van der Waals surface area contributed by atoms with Crippen LogP contribution < -0.4 is 11.1 Å². The average Bonchev–Trinajstić information content (AvgIpc) is 2.17. The summed E-state index contributed by atoms with van der Waals surface area (Å²) in [6.45, 7) is 0.621. The molecule has 82 valence electrons. The van der Waals surface area contributed by atoms with E-state index in [1.165, 1.54) is 12.1 Å². The maximum absolute atomic E-state index is 10.4. The molecule has 1 rings (SSSR count). The van der Waals surface area contributed by atoms with Crippen molar-refractivity contribution in [1.29, 1.82) is 0 Å². The van der Waals surface area contributed by atoms with Crippen LogP contribution in [0.15, 0.2) is 12.1 Å². The number of hydrogen-bond donors (Lipinski definition) is 3. The highest BCUT2D eigenvalue weighted by molar-refractivity contribution is 5.57. The van der Waals surface area contributed by atoms with Crippen LogP contribution in [-0.2, 0) is 0 Å². The van der Waals surface area contributed by atoms with Gasteiger partial charge in [-0.3, -0.25) is 10.1 Å². The summed E-state index contributed by atoms with van der Waals surface area (Å²) >= 11 is 0. The Balaban J connectivity index is 2.69. The first kappa shape index (κ1) is 11.2. The third-order valence-corrected chi connectivity index (χ3v) is 1.74. The second-order valence-electron chi connectivity index (χ2n) is 2.86. The summed E-state index contributed by atoms with van der Waals surface area (Å²) in [5, 5.41) is 21.8. The van der Waals surface area contributed by atoms with Crippen molar-refractivity contribution in [3.05, 3.63) is 22.2 Å². The van der Waals surface area contributed by atoms with Crippen LogP contribution in [0.4, 0.5) is 17.3 Å². The van der Waals surface area contributed by atoms with Gasteiger partial charge in [-0.15, -0.1) is 0 Å². The molecule has 0 aliphatic heterocycles. The molecule has 0 saturated heterocycles. The highest BCUT2D eigenvalue weighted by Crippen LogP contribution is 2.20. The Hall–Kier alpha value is -1.89. The average molecular weight is 212 g/mol. The highest BCUT2D eigenvalue weighted by atomic mass is 16.6. The number of nitrogens with zero attached hydrogens (tertiary/aromatic N) is 2.